The fourth-order valence-corrected chi connectivity index (χ4v) is 3.18. The van der Waals surface area contributed by atoms with Gasteiger partial charge in [-0.05, 0) is 36.6 Å². The van der Waals surface area contributed by atoms with Crippen LogP contribution in [0.25, 0.3) is 0 Å². The van der Waals surface area contributed by atoms with Crippen LogP contribution in [0.4, 0.5) is 4.39 Å². The Morgan fingerprint density at radius 3 is 2.78 bits per heavy atom. The highest BCUT2D eigenvalue weighted by Gasteiger charge is 2.17. The van der Waals surface area contributed by atoms with Crippen molar-refractivity contribution in [2.75, 3.05) is 27.4 Å². The third-order valence-corrected chi connectivity index (χ3v) is 4.54. The van der Waals surface area contributed by atoms with Gasteiger partial charge in [0.05, 0.1) is 6.61 Å². The summed E-state index contributed by atoms with van der Waals surface area (Å²) >= 11 is 0. The first kappa shape index (κ1) is 19.2. The zero-order chi connectivity index (χ0) is 19.2. The Labute approximate surface area is 159 Å². The molecule has 0 spiro atoms. The summed E-state index contributed by atoms with van der Waals surface area (Å²) in [5.41, 5.74) is 4.07. The number of hydrogen-bond acceptors (Lipinski definition) is 3. The van der Waals surface area contributed by atoms with Gasteiger partial charge in [-0.2, -0.15) is 0 Å². The molecular formula is C21H26FN3O2. The molecule has 2 aromatic rings. The van der Waals surface area contributed by atoms with Gasteiger partial charge in [0.1, 0.15) is 11.6 Å². The predicted octanol–water partition coefficient (Wildman–Crippen LogP) is 3.25. The van der Waals surface area contributed by atoms with Crippen LogP contribution in [-0.4, -0.2) is 38.3 Å². The zero-order valence-corrected chi connectivity index (χ0v) is 16.1. The van der Waals surface area contributed by atoms with E-state index in [0.29, 0.717) is 19.6 Å². The van der Waals surface area contributed by atoms with Crippen molar-refractivity contribution in [1.29, 1.82) is 0 Å². The van der Waals surface area contributed by atoms with Gasteiger partial charge >= 0.3 is 0 Å². The number of aryl methyl sites for hydroxylation is 1. The Bertz CT molecular complexity index is 806. The van der Waals surface area contributed by atoms with Crippen molar-refractivity contribution in [1.82, 2.24) is 10.2 Å². The van der Waals surface area contributed by atoms with E-state index in [4.69, 9.17) is 9.47 Å². The molecule has 1 N–H and O–H groups in total. The summed E-state index contributed by atoms with van der Waals surface area (Å²) < 4.78 is 24.6. The summed E-state index contributed by atoms with van der Waals surface area (Å²) in [6.45, 7) is 4.06. The molecule has 0 aliphatic carbocycles. The molecule has 2 aromatic carbocycles. The average Bonchev–Trinajstić information content (AvgIpc) is 2.66. The van der Waals surface area contributed by atoms with Crippen LogP contribution in [0.1, 0.15) is 22.3 Å². The number of nitrogens with one attached hydrogen (secondary N) is 1. The molecule has 27 heavy (non-hydrogen) atoms. The predicted molar refractivity (Wildman–Crippen MR) is 104 cm³/mol. The van der Waals surface area contributed by atoms with Crippen molar-refractivity contribution in [3.05, 3.63) is 64.5 Å². The maximum Gasteiger partial charge on any atom is 0.193 e. The third-order valence-electron chi connectivity index (χ3n) is 4.54. The summed E-state index contributed by atoms with van der Waals surface area (Å²) in [6, 6.07) is 11.5. The number of benzene rings is 2. The lowest BCUT2D eigenvalue weighted by Gasteiger charge is -2.23. The normalized spacial score (nSPS) is 13.7. The zero-order valence-electron chi connectivity index (χ0n) is 16.1. The van der Waals surface area contributed by atoms with E-state index in [-0.39, 0.29) is 12.6 Å². The first-order chi connectivity index (χ1) is 13.1. The van der Waals surface area contributed by atoms with Gasteiger partial charge in [0.15, 0.2) is 12.8 Å². The lowest BCUT2D eigenvalue weighted by Crippen LogP contribution is -2.39. The Balaban J connectivity index is 1.58. The number of fused-ring (bicyclic) bond motifs is 1. The highest BCUT2D eigenvalue weighted by molar-refractivity contribution is 5.79. The van der Waals surface area contributed by atoms with Gasteiger partial charge in [0.2, 0.25) is 0 Å². The SMILES string of the molecule is CN=C(NCCc1cc(F)cc2c1OCOC2)N(C)Cc1ccc(C)cc1. The van der Waals surface area contributed by atoms with E-state index >= 15 is 0 Å². The van der Waals surface area contributed by atoms with Crippen molar-refractivity contribution < 1.29 is 13.9 Å². The Morgan fingerprint density at radius 1 is 1.26 bits per heavy atom. The second kappa shape index (κ2) is 8.86. The van der Waals surface area contributed by atoms with E-state index in [1.54, 1.807) is 7.05 Å². The fourth-order valence-electron chi connectivity index (χ4n) is 3.18. The molecule has 0 atom stereocenters. The highest BCUT2D eigenvalue weighted by Crippen LogP contribution is 2.29. The molecule has 0 fully saturated rings. The number of hydrogen-bond donors (Lipinski definition) is 1. The summed E-state index contributed by atoms with van der Waals surface area (Å²) in [4.78, 5) is 6.41. The minimum Gasteiger partial charge on any atom is -0.467 e. The van der Waals surface area contributed by atoms with Gasteiger partial charge < -0.3 is 19.7 Å². The topological polar surface area (TPSA) is 46.1 Å². The maximum absolute atomic E-state index is 13.8. The summed E-state index contributed by atoms with van der Waals surface area (Å²) in [6.07, 6.45) is 0.636. The standard InChI is InChI=1S/C21H26FN3O2/c1-15-4-6-16(7-5-15)12-25(3)21(23-2)24-9-8-17-10-19(22)11-18-13-26-14-27-20(17)18/h4-7,10-11H,8-9,12-14H2,1-3H3,(H,23,24). The van der Waals surface area contributed by atoms with E-state index in [2.05, 4.69) is 46.4 Å². The summed E-state index contributed by atoms with van der Waals surface area (Å²) in [7, 11) is 3.76. The molecule has 144 valence electrons. The fraction of sp³-hybridized carbons (Fsp3) is 0.381. The molecule has 0 aromatic heterocycles. The van der Waals surface area contributed by atoms with Crippen LogP contribution in [0.15, 0.2) is 41.4 Å². The van der Waals surface area contributed by atoms with Crippen LogP contribution in [0.5, 0.6) is 5.75 Å². The van der Waals surface area contributed by atoms with Gasteiger partial charge in [-0.25, -0.2) is 4.39 Å². The van der Waals surface area contributed by atoms with Crippen molar-refractivity contribution >= 4 is 5.96 Å². The summed E-state index contributed by atoms with van der Waals surface area (Å²) in [5, 5.41) is 3.34. The first-order valence-corrected chi connectivity index (χ1v) is 9.06. The van der Waals surface area contributed by atoms with Crippen molar-refractivity contribution in [3.63, 3.8) is 0 Å². The first-order valence-electron chi connectivity index (χ1n) is 9.06. The molecule has 0 saturated heterocycles. The third kappa shape index (κ3) is 4.98. The lowest BCUT2D eigenvalue weighted by molar-refractivity contribution is -0.0172. The molecular weight excluding hydrogens is 345 g/mol. The average molecular weight is 371 g/mol. The highest BCUT2D eigenvalue weighted by atomic mass is 19.1. The second-order valence-electron chi connectivity index (χ2n) is 6.73. The molecule has 6 heteroatoms. The minimum absolute atomic E-state index is 0.208. The molecule has 1 heterocycles. The van der Waals surface area contributed by atoms with E-state index < -0.39 is 0 Å². The van der Waals surface area contributed by atoms with Crippen LogP contribution in [-0.2, 0) is 24.3 Å². The number of nitrogens with zero attached hydrogens (tertiary/aromatic N) is 2. The largest absolute Gasteiger partial charge is 0.467 e. The van der Waals surface area contributed by atoms with Gasteiger partial charge in [-0.15, -0.1) is 0 Å². The molecule has 5 nitrogen and oxygen atoms in total. The van der Waals surface area contributed by atoms with Gasteiger partial charge in [0.25, 0.3) is 0 Å². The van der Waals surface area contributed by atoms with Crippen molar-refractivity contribution in [3.8, 4) is 5.75 Å². The van der Waals surface area contributed by atoms with Crippen LogP contribution < -0.4 is 10.1 Å². The molecule has 0 unspecified atom stereocenters. The molecule has 0 bridgehead atoms. The molecule has 0 saturated carbocycles. The Hall–Kier alpha value is -2.60. The number of rotatable bonds is 5. The van der Waals surface area contributed by atoms with Crippen LogP contribution in [0.3, 0.4) is 0 Å². The van der Waals surface area contributed by atoms with Crippen LogP contribution in [0, 0.1) is 12.7 Å². The van der Waals surface area contributed by atoms with Gasteiger partial charge in [-0.3, -0.25) is 4.99 Å². The number of ether oxygens (including phenoxy) is 2. The number of guanidine groups is 1. The maximum atomic E-state index is 13.8. The Morgan fingerprint density at radius 2 is 2.04 bits per heavy atom. The van der Waals surface area contributed by atoms with Crippen LogP contribution >= 0.6 is 0 Å². The molecule has 0 amide bonds. The van der Waals surface area contributed by atoms with Crippen molar-refractivity contribution in [2.24, 2.45) is 4.99 Å². The Kier molecular flexibility index (Phi) is 6.29. The van der Waals surface area contributed by atoms with Gasteiger partial charge in [0, 0.05) is 32.7 Å². The summed E-state index contributed by atoms with van der Waals surface area (Å²) in [5.74, 6) is 1.27. The van der Waals surface area contributed by atoms with E-state index in [0.717, 1.165) is 29.4 Å². The molecule has 3 rings (SSSR count). The van der Waals surface area contributed by atoms with Crippen molar-refractivity contribution in [2.45, 2.75) is 26.5 Å². The van der Waals surface area contributed by atoms with Gasteiger partial charge in [-0.1, -0.05) is 29.8 Å². The second-order valence-corrected chi connectivity index (χ2v) is 6.73. The molecule has 0 radical (unpaired) electrons. The number of aliphatic imine (C=N–C) groups is 1. The monoisotopic (exact) mass is 371 g/mol. The quantitative estimate of drug-likeness (QED) is 0.647. The number of halogens is 1. The van der Waals surface area contributed by atoms with E-state index in [9.17, 15) is 4.39 Å². The molecule has 1 aliphatic rings. The molecule has 1 aliphatic heterocycles. The smallest absolute Gasteiger partial charge is 0.193 e. The minimum atomic E-state index is -0.265. The lowest BCUT2D eigenvalue weighted by atomic mass is 10.1. The van der Waals surface area contributed by atoms with E-state index in [1.165, 1.54) is 23.3 Å². The van der Waals surface area contributed by atoms with E-state index in [1.807, 2.05) is 7.05 Å². The van der Waals surface area contributed by atoms with Crippen LogP contribution in [0.2, 0.25) is 0 Å².